The highest BCUT2D eigenvalue weighted by Gasteiger charge is 2.18. The zero-order valence-electron chi connectivity index (χ0n) is 10.6. The van der Waals surface area contributed by atoms with Crippen LogP contribution in [0.25, 0.3) is 0 Å². The van der Waals surface area contributed by atoms with Gasteiger partial charge >= 0.3 is 10.2 Å². The molecule has 0 atom stereocenters. The molecule has 0 unspecified atom stereocenters. The second-order valence-corrected chi connectivity index (χ2v) is 6.08. The fourth-order valence-corrected chi connectivity index (χ4v) is 2.21. The fraction of sp³-hybridized carbons (Fsp3) is 0.455. The number of nitrogens with one attached hydrogen (secondary N) is 1. The first kappa shape index (κ1) is 13.0. The van der Waals surface area contributed by atoms with E-state index in [0.717, 1.165) is 9.87 Å². The molecule has 0 saturated carbocycles. The highest BCUT2D eigenvalue weighted by Crippen LogP contribution is 2.35. The summed E-state index contributed by atoms with van der Waals surface area (Å²) in [5.74, 6) is 1.20. The van der Waals surface area contributed by atoms with E-state index >= 15 is 0 Å². The largest absolute Gasteiger partial charge is 0.486 e. The summed E-state index contributed by atoms with van der Waals surface area (Å²) in [7, 11) is -0.577. The molecule has 1 aromatic rings. The van der Waals surface area contributed by atoms with Crippen LogP contribution in [-0.2, 0) is 10.2 Å². The summed E-state index contributed by atoms with van der Waals surface area (Å²) >= 11 is 0. The molecule has 0 aliphatic carbocycles. The molecule has 1 aromatic carbocycles. The lowest BCUT2D eigenvalue weighted by Gasteiger charge is -2.21. The van der Waals surface area contributed by atoms with E-state index in [1.165, 1.54) is 14.1 Å². The number of anilines is 1. The summed E-state index contributed by atoms with van der Waals surface area (Å²) < 4.78 is 38.0. The van der Waals surface area contributed by atoms with Gasteiger partial charge in [0.15, 0.2) is 11.5 Å². The van der Waals surface area contributed by atoms with Gasteiger partial charge in [-0.25, -0.2) is 0 Å². The molecule has 0 saturated heterocycles. The van der Waals surface area contributed by atoms with E-state index in [9.17, 15) is 8.42 Å². The van der Waals surface area contributed by atoms with Crippen LogP contribution in [0.2, 0.25) is 0 Å². The molecule has 0 fully saturated rings. The first-order chi connectivity index (χ1) is 8.40. The van der Waals surface area contributed by atoms with Gasteiger partial charge in [0.25, 0.3) is 0 Å². The van der Waals surface area contributed by atoms with E-state index in [-0.39, 0.29) is 0 Å². The van der Waals surface area contributed by atoms with Crippen molar-refractivity contribution in [3.05, 3.63) is 17.7 Å². The molecule has 0 radical (unpaired) electrons. The number of fused-ring (bicyclic) bond motifs is 1. The Kier molecular flexibility index (Phi) is 3.36. The van der Waals surface area contributed by atoms with E-state index in [0.29, 0.717) is 30.4 Å². The Hall–Kier alpha value is -1.47. The molecule has 7 heteroatoms. The molecule has 1 aliphatic heterocycles. The van der Waals surface area contributed by atoms with Gasteiger partial charge in [-0.15, -0.1) is 0 Å². The van der Waals surface area contributed by atoms with Gasteiger partial charge in [0.2, 0.25) is 0 Å². The molecular formula is C11H16N2O4S. The highest BCUT2D eigenvalue weighted by atomic mass is 32.2. The maximum atomic E-state index is 11.8. The molecule has 100 valence electrons. The van der Waals surface area contributed by atoms with Crippen LogP contribution in [0.1, 0.15) is 5.56 Å². The summed E-state index contributed by atoms with van der Waals surface area (Å²) in [5, 5.41) is 0. The average molecular weight is 272 g/mol. The number of aryl methyl sites for hydroxylation is 1. The van der Waals surface area contributed by atoms with Crippen LogP contribution in [0.15, 0.2) is 12.1 Å². The summed E-state index contributed by atoms with van der Waals surface area (Å²) in [6.07, 6.45) is 0. The van der Waals surface area contributed by atoms with Crippen molar-refractivity contribution >= 4 is 15.9 Å². The summed E-state index contributed by atoms with van der Waals surface area (Å²) in [6.45, 7) is 2.79. The molecule has 1 N–H and O–H groups in total. The highest BCUT2D eigenvalue weighted by molar-refractivity contribution is 7.90. The minimum absolute atomic E-state index is 0.468. The van der Waals surface area contributed by atoms with Gasteiger partial charge in [0, 0.05) is 20.2 Å². The predicted molar refractivity (Wildman–Crippen MR) is 68.4 cm³/mol. The molecule has 0 aromatic heterocycles. The van der Waals surface area contributed by atoms with Crippen molar-refractivity contribution in [3.8, 4) is 11.5 Å². The van der Waals surface area contributed by atoms with Crippen LogP contribution < -0.4 is 14.2 Å². The summed E-state index contributed by atoms with van der Waals surface area (Å²) in [4.78, 5) is 0. The molecule has 0 bridgehead atoms. The van der Waals surface area contributed by atoms with Crippen molar-refractivity contribution in [2.45, 2.75) is 6.92 Å². The quantitative estimate of drug-likeness (QED) is 0.891. The van der Waals surface area contributed by atoms with E-state index in [1.807, 2.05) is 6.92 Å². The van der Waals surface area contributed by atoms with Crippen molar-refractivity contribution in [1.29, 1.82) is 0 Å². The van der Waals surface area contributed by atoms with Crippen LogP contribution in [-0.4, -0.2) is 40.0 Å². The molecule has 1 heterocycles. The van der Waals surface area contributed by atoms with Crippen LogP contribution >= 0.6 is 0 Å². The Bertz CT molecular complexity index is 554. The Labute approximate surface area is 107 Å². The summed E-state index contributed by atoms with van der Waals surface area (Å²) in [6, 6.07) is 3.41. The minimum atomic E-state index is -3.51. The average Bonchev–Trinajstić information content (AvgIpc) is 2.29. The predicted octanol–water partition coefficient (Wildman–Crippen LogP) is 0.985. The molecule has 0 spiro atoms. The Morgan fingerprint density at radius 3 is 2.28 bits per heavy atom. The summed E-state index contributed by atoms with van der Waals surface area (Å²) in [5.41, 5.74) is 1.28. The zero-order chi connectivity index (χ0) is 13.3. The van der Waals surface area contributed by atoms with E-state index in [2.05, 4.69) is 4.72 Å². The monoisotopic (exact) mass is 272 g/mol. The zero-order valence-corrected chi connectivity index (χ0v) is 11.4. The molecule has 18 heavy (non-hydrogen) atoms. The number of benzene rings is 1. The first-order valence-corrected chi connectivity index (χ1v) is 6.94. The second kappa shape index (κ2) is 4.66. The van der Waals surface area contributed by atoms with Gasteiger partial charge < -0.3 is 9.47 Å². The van der Waals surface area contributed by atoms with Crippen LogP contribution in [0.4, 0.5) is 5.69 Å². The van der Waals surface area contributed by atoms with Gasteiger partial charge in [-0.2, -0.15) is 12.7 Å². The second-order valence-electron chi connectivity index (χ2n) is 4.20. The minimum Gasteiger partial charge on any atom is -0.486 e. The third-order valence-electron chi connectivity index (χ3n) is 2.61. The number of ether oxygens (including phenoxy) is 2. The van der Waals surface area contributed by atoms with Gasteiger partial charge in [-0.1, -0.05) is 0 Å². The lowest BCUT2D eigenvalue weighted by atomic mass is 10.2. The standard InChI is InChI=1S/C11H16N2O4S/c1-8-6-10-11(17-5-4-16-10)7-9(8)12-18(14,15)13(2)3/h6-7,12H,4-5H2,1-3H3. The smallest absolute Gasteiger partial charge is 0.301 e. The molecule has 6 nitrogen and oxygen atoms in total. The maximum Gasteiger partial charge on any atom is 0.301 e. The molecule has 0 amide bonds. The van der Waals surface area contributed by atoms with Gasteiger partial charge in [-0.3, -0.25) is 4.72 Å². The fourth-order valence-electron chi connectivity index (χ4n) is 1.53. The maximum absolute atomic E-state index is 11.8. The lowest BCUT2D eigenvalue weighted by Crippen LogP contribution is -2.29. The van der Waals surface area contributed by atoms with Crippen LogP contribution in [0.3, 0.4) is 0 Å². The lowest BCUT2D eigenvalue weighted by molar-refractivity contribution is 0.171. The normalized spacial score (nSPS) is 14.7. The Morgan fingerprint density at radius 2 is 1.72 bits per heavy atom. The van der Waals surface area contributed by atoms with Crippen LogP contribution in [0.5, 0.6) is 11.5 Å². The van der Waals surface area contributed by atoms with Crippen LogP contribution in [0, 0.1) is 6.92 Å². The molecule has 1 aliphatic rings. The third-order valence-corrected chi connectivity index (χ3v) is 4.05. The Balaban J connectivity index is 2.35. The van der Waals surface area contributed by atoms with Crippen molar-refractivity contribution in [2.24, 2.45) is 0 Å². The van der Waals surface area contributed by atoms with Crippen molar-refractivity contribution in [3.63, 3.8) is 0 Å². The molecular weight excluding hydrogens is 256 g/mol. The number of hydrogen-bond donors (Lipinski definition) is 1. The number of rotatable bonds is 3. The van der Waals surface area contributed by atoms with Gasteiger partial charge in [-0.05, 0) is 18.6 Å². The topological polar surface area (TPSA) is 67.9 Å². The third kappa shape index (κ3) is 2.51. The van der Waals surface area contributed by atoms with E-state index in [1.54, 1.807) is 12.1 Å². The first-order valence-electron chi connectivity index (χ1n) is 5.50. The number of nitrogens with zero attached hydrogens (tertiary/aromatic N) is 1. The molecule has 2 rings (SSSR count). The number of hydrogen-bond acceptors (Lipinski definition) is 4. The van der Waals surface area contributed by atoms with Gasteiger partial charge in [0.1, 0.15) is 13.2 Å². The van der Waals surface area contributed by atoms with Crippen molar-refractivity contribution in [1.82, 2.24) is 4.31 Å². The van der Waals surface area contributed by atoms with Crippen molar-refractivity contribution < 1.29 is 17.9 Å². The van der Waals surface area contributed by atoms with E-state index in [4.69, 9.17) is 9.47 Å². The van der Waals surface area contributed by atoms with Crippen molar-refractivity contribution in [2.75, 3.05) is 32.0 Å². The SMILES string of the molecule is Cc1cc2c(cc1NS(=O)(=O)N(C)C)OCCO2. The Morgan fingerprint density at radius 1 is 1.17 bits per heavy atom. The van der Waals surface area contributed by atoms with Gasteiger partial charge in [0.05, 0.1) is 5.69 Å². The van der Waals surface area contributed by atoms with E-state index < -0.39 is 10.2 Å².